The zero-order valence-corrected chi connectivity index (χ0v) is 23.6. The van der Waals surface area contributed by atoms with Crippen LogP contribution in [0.25, 0.3) is 0 Å². The van der Waals surface area contributed by atoms with Crippen molar-refractivity contribution < 1.29 is 46.4 Å². The van der Waals surface area contributed by atoms with Crippen molar-refractivity contribution in [2.75, 3.05) is 25.1 Å². The summed E-state index contributed by atoms with van der Waals surface area (Å²) in [4.78, 5) is 12.5. The lowest BCUT2D eigenvalue weighted by atomic mass is 9.87. The number of sulfone groups is 1. The van der Waals surface area contributed by atoms with Gasteiger partial charge in [-0.15, -0.1) is 0 Å². The van der Waals surface area contributed by atoms with Crippen LogP contribution in [0.5, 0.6) is 0 Å². The Kier molecular flexibility index (Phi) is 10.6. The second-order valence-electron chi connectivity index (χ2n) is 10.3. The van der Waals surface area contributed by atoms with E-state index >= 15 is 0 Å². The van der Waals surface area contributed by atoms with Crippen molar-refractivity contribution in [2.45, 2.75) is 61.4 Å². The zero-order chi connectivity index (χ0) is 29.8. The highest BCUT2D eigenvalue weighted by atomic mass is 35.5. The van der Waals surface area contributed by atoms with Crippen LogP contribution in [0.3, 0.4) is 0 Å². The van der Waals surface area contributed by atoms with Gasteiger partial charge in [0.05, 0.1) is 40.6 Å². The summed E-state index contributed by atoms with van der Waals surface area (Å²) < 4.78 is 73.6. The maximum absolute atomic E-state index is 13.9. The van der Waals surface area contributed by atoms with Crippen LogP contribution in [0.15, 0.2) is 35.2 Å². The lowest BCUT2D eigenvalue weighted by Crippen LogP contribution is -2.41. The van der Waals surface area contributed by atoms with E-state index in [-0.39, 0.29) is 53.1 Å². The highest BCUT2D eigenvalue weighted by Crippen LogP contribution is 2.44. The van der Waals surface area contributed by atoms with Crippen molar-refractivity contribution in [1.82, 2.24) is 0 Å². The SMILES string of the molecule is CC[C@@](O)(COCC(O)CO)C[C@@H]1CCC(C)C1S(=O)(=O)c1cc(C(=O)Nc2cc(F)c(F)c(F)c2)ccc1Cl. The predicted octanol–water partition coefficient (Wildman–Crippen LogP) is 4.10. The van der Waals surface area contributed by atoms with Crippen LogP contribution in [0.4, 0.5) is 18.9 Å². The molecule has 1 aliphatic carbocycles. The summed E-state index contributed by atoms with van der Waals surface area (Å²) in [5.41, 5.74) is -1.91. The van der Waals surface area contributed by atoms with Gasteiger partial charge in [0.2, 0.25) is 0 Å². The molecule has 222 valence electrons. The highest BCUT2D eigenvalue weighted by molar-refractivity contribution is 7.92. The molecule has 0 radical (unpaired) electrons. The molecule has 40 heavy (non-hydrogen) atoms. The minimum atomic E-state index is -4.14. The van der Waals surface area contributed by atoms with E-state index in [9.17, 15) is 36.6 Å². The number of ether oxygens (including phenoxy) is 1. The highest BCUT2D eigenvalue weighted by Gasteiger charge is 2.46. The lowest BCUT2D eigenvalue weighted by Gasteiger charge is -2.33. The number of nitrogens with one attached hydrogen (secondary N) is 1. The normalized spacial score (nSPS) is 21.7. The molecule has 3 unspecified atom stereocenters. The molecule has 0 saturated heterocycles. The Hall–Kier alpha value is -2.22. The second-order valence-corrected chi connectivity index (χ2v) is 12.8. The topological polar surface area (TPSA) is 133 Å². The molecule has 0 bridgehead atoms. The van der Waals surface area contributed by atoms with Crippen LogP contribution in [-0.4, -0.2) is 66.4 Å². The van der Waals surface area contributed by atoms with E-state index in [4.69, 9.17) is 21.4 Å². The van der Waals surface area contributed by atoms with Gasteiger partial charge in [-0.3, -0.25) is 4.79 Å². The molecule has 0 spiro atoms. The van der Waals surface area contributed by atoms with E-state index < -0.39 is 62.7 Å². The Balaban J connectivity index is 1.85. The molecule has 5 atom stereocenters. The average molecular weight is 608 g/mol. The Morgan fingerprint density at radius 2 is 1.85 bits per heavy atom. The van der Waals surface area contributed by atoms with Crippen molar-refractivity contribution in [3.8, 4) is 0 Å². The Bertz CT molecular complexity index is 1310. The van der Waals surface area contributed by atoms with Crippen molar-refractivity contribution in [2.24, 2.45) is 11.8 Å². The van der Waals surface area contributed by atoms with E-state index in [2.05, 4.69) is 5.32 Å². The second kappa shape index (κ2) is 13.2. The van der Waals surface area contributed by atoms with Gasteiger partial charge in [-0.1, -0.05) is 25.4 Å². The first-order valence-electron chi connectivity index (χ1n) is 12.8. The molecule has 4 N–H and O–H groups in total. The van der Waals surface area contributed by atoms with E-state index in [0.29, 0.717) is 25.0 Å². The third-order valence-electron chi connectivity index (χ3n) is 7.31. The first kappa shape index (κ1) is 32.3. The molecule has 1 aliphatic rings. The maximum Gasteiger partial charge on any atom is 0.255 e. The van der Waals surface area contributed by atoms with Gasteiger partial charge < -0.3 is 25.4 Å². The third-order valence-corrected chi connectivity index (χ3v) is 10.3. The fraction of sp³-hybridized carbons (Fsp3) is 0.519. The van der Waals surface area contributed by atoms with Gasteiger partial charge in [-0.2, -0.15) is 0 Å². The average Bonchev–Trinajstić information content (AvgIpc) is 3.27. The van der Waals surface area contributed by atoms with Crippen LogP contribution in [0, 0.1) is 29.3 Å². The number of aliphatic hydroxyl groups excluding tert-OH is 2. The van der Waals surface area contributed by atoms with Crippen molar-refractivity contribution >= 4 is 33.0 Å². The summed E-state index contributed by atoms with van der Waals surface area (Å²) in [6.45, 7) is 2.65. The van der Waals surface area contributed by atoms with Crippen LogP contribution in [0.2, 0.25) is 5.02 Å². The van der Waals surface area contributed by atoms with E-state index in [1.54, 1.807) is 13.8 Å². The first-order chi connectivity index (χ1) is 18.7. The molecule has 3 rings (SSSR count). The minimum absolute atomic E-state index is 0.0897. The van der Waals surface area contributed by atoms with Gasteiger partial charge in [-0.25, -0.2) is 21.6 Å². The van der Waals surface area contributed by atoms with E-state index in [1.165, 1.54) is 12.1 Å². The fourth-order valence-electron chi connectivity index (χ4n) is 5.12. The molecule has 1 amide bonds. The van der Waals surface area contributed by atoms with E-state index in [1.807, 2.05) is 0 Å². The molecule has 0 heterocycles. The summed E-state index contributed by atoms with van der Waals surface area (Å²) in [6, 6.07) is 4.75. The summed E-state index contributed by atoms with van der Waals surface area (Å²) in [6.07, 6.45) is 0.311. The summed E-state index contributed by atoms with van der Waals surface area (Å²) >= 11 is 6.29. The number of aliphatic hydroxyl groups is 3. The van der Waals surface area contributed by atoms with Crippen molar-refractivity contribution in [3.63, 3.8) is 0 Å². The standard InChI is InChI=1S/C27H33ClF3NO7S/c1-3-27(36,14-39-13-19(34)12-33)11-17-5-4-15(2)25(17)40(37,38)23-8-16(6-7-20(23)28)26(35)32-18-9-21(29)24(31)22(30)10-18/h6-10,15,17,19,25,33-34,36H,3-5,11-14H2,1-2H3,(H,32,35)/t15?,17-,19?,25?,27-/m0/s1. The Labute approximate surface area is 236 Å². The van der Waals surface area contributed by atoms with Crippen molar-refractivity contribution in [1.29, 1.82) is 0 Å². The quantitative estimate of drug-likeness (QED) is 0.267. The van der Waals surface area contributed by atoms with Crippen molar-refractivity contribution in [3.05, 3.63) is 58.4 Å². The van der Waals surface area contributed by atoms with Gasteiger partial charge in [0.1, 0.15) is 6.10 Å². The largest absolute Gasteiger partial charge is 0.394 e. The number of halogens is 4. The predicted molar refractivity (Wildman–Crippen MR) is 142 cm³/mol. The summed E-state index contributed by atoms with van der Waals surface area (Å²) in [5.74, 6) is -6.36. The fourth-order valence-corrected chi connectivity index (χ4v) is 7.97. The molecule has 2 aromatic rings. The van der Waals surface area contributed by atoms with Gasteiger partial charge in [0.15, 0.2) is 27.3 Å². The maximum atomic E-state index is 13.9. The molecule has 13 heteroatoms. The van der Waals surface area contributed by atoms with Gasteiger partial charge >= 0.3 is 0 Å². The molecular weight excluding hydrogens is 575 g/mol. The lowest BCUT2D eigenvalue weighted by molar-refractivity contribution is -0.0837. The van der Waals surface area contributed by atoms with Crippen LogP contribution >= 0.6 is 11.6 Å². The molecule has 2 aromatic carbocycles. The van der Waals surface area contributed by atoms with Crippen LogP contribution in [0.1, 0.15) is 49.9 Å². The van der Waals surface area contributed by atoms with Gasteiger partial charge in [0.25, 0.3) is 5.91 Å². The van der Waals surface area contributed by atoms with E-state index in [0.717, 1.165) is 6.07 Å². The number of rotatable bonds is 12. The van der Waals surface area contributed by atoms with Crippen LogP contribution in [-0.2, 0) is 14.6 Å². The Morgan fingerprint density at radius 3 is 2.45 bits per heavy atom. The van der Waals surface area contributed by atoms with Gasteiger partial charge in [-0.05, 0) is 55.7 Å². The summed E-state index contributed by atoms with van der Waals surface area (Å²) in [7, 11) is -4.14. The number of amides is 1. The molecule has 8 nitrogen and oxygen atoms in total. The minimum Gasteiger partial charge on any atom is -0.394 e. The zero-order valence-electron chi connectivity index (χ0n) is 22.0. The first-order valence-corrected chi connectivity index (χ1v) is 14.7. The molecular formula is C27H33ClF3NO7S. The number of hydrogen-bond donors (Lipinski definition) is 4. The number of benzene rings is 2. The number of carbonyl (C=O) groups excluding carboxylic acids is 1. The van der Waals surface area contributed by atoms with Gasteiger partial charge in [0, 0.05) is 23.4 Å². The molecule has 1 fully saturated rings. The van der Waals surface area contributed by atoms with Crippen LogP contribution < -0.4 is 5.32 Å². The smallest absolute Gasteiger partial charge is 0.255 e. The summed E-state index contributed by atoms with van der Waals surface area (Å²) in [5, 5.41) is 30.8. The molecule has 1 saturated carbocycles. The molecule has 0 aliphatic heterocycles. The molecule has 0 aromatic heterocycles. The Morgan fingerprint density at radius 1 is 1.20 bits per heavy atom. The number of anilines is 1. The monoisotopic (exact) mass is 607 g/mol. The number of hydrogen-bond acceptors (Lipinski definition) is 7. The number of carbonyl (C=O) groups is 1. The third kappa shape index (κ3) is 7.34.